The molecule has 0 spiro atoms. The van der Waals surface area contributed by atoms with Gasteiger partial charge in [-0.1, -0.05) is 48.5 Å². The van der Waals surface area contributed by atoms with Crippen LogP contribution in [-0.4, -0.2) is 36.4 Å². The van der Waals surface area contributed by atoms with Crippen molar-refractivity contribution in [2.24, 2.45) is 0 Å². The third-order valence-electron chi connectivity index (χ3n) is 4.78. The molecule has 2 aromatic carbocycles. The second-order valence-corrected chi connectivity index (χ2v) is 6.53. The molecule has 5 nitrogen and oxygen atoms in total. The van der Waals surface area contributed by atoms with Crippen molar-refractivity contribution in [2.75, 3.05) is 12.4 Å². The number of hydrogen-bond donors (Lipinski definition) is 1. The van der Waals surface area contributed by atoms with Gasteiger partial charge in [0.05, 0.1) is 7.11 Å². The second-order valence-electron chi connectivity index (χ2n) is 6.53. The Kier molecular flexibility index (Phi) is 4.93. The van der Waals surface area contributed by atoms with Crippen LogP contribution in [0.15, 0.2) is 54.6 Å². The van der Waals surface area contributed by atoms with Crippen LogP contribution in [0.3, 0.4) is 0 Å². The van der Waals surface area contributed by atoms with E-state index in [0.717, 1.165) is 7.11 Å². The maximum Gasteiger partial charge on any atom is 0.430 e. The topological polar surface area (TPSA) is 67.9 Å². The molecule has 1 heterocycles. The highest BCUT2D eigenvalue weighted by Crippen LogP contribution is 2.60. The molecule has 1 saturated heterocycles. The summed E-state index contributed by atoms with van der Waals surface area (Å²) in [5.41, 5.74) is -4.66. The first kappa shape index (κ1) is 19.9. The van der Waals surface area contributed by atoms with Crippen LogP contribution < -0.4 is 5.32 Å². The van der Waals surface area contributed by atoms with Crippen LogP contribution in [0.1, 0.15) is 11.1 Å². The summed E-state index contributed by atoms with van der Waals surface area (Å²) in [7, 11) is 0.955. The quantitative estimate of drug-likeness (QED) is 0.624. The Morgan fingerprint density at radius 1 is 1.07 bits per heavy atom. The van der Waals surface area contributed by atoms with Gasteiger partial charge in [-0.2, -0.15) is 13.2 Å². The number of para-hydroxylation sites is 1. The fraction of sp³-hybridized carbons (Fsp3) is 0.300. The lowest BCUT2D eigenvalue weighted by Crippen LogP contribution is -2.53. The van der Waals surface area contributed by atoms with E-state index in [1.807, 2.05) is 0 Å². The van der Waals surface area contributed by atoms with Crippen LogP contribution in [0.5, 0.6) is 0 Å². The number of nitrogens with one attached hydrogen (secondary N) is 1. The number of ether oxygens (including phenoxy) is 2. The van der Waals surface area contributed by atoms with Gasteiger partial charge in [-0.25, -0.2) is 4.79 Å². The van der Waals surface area contributed by atoms with Gasteiger partial charge in [-0.15, -0.1) is 0 Å². The van der Waals surface area contributed by atoms with Crippen LogP contribution in [0.4, 0.5) is 18.9 Å². The van der Waals surface area contributed by atoms with Gasteiger partial charge in [0, 0.05) is 12.1 Å². The maximum absolute atomic E-state index is 14.1. The lowest BCUT2D eigenvalue weighted by molar-refractivity contribution is -0.188. The van der Waals surface area contributed by atoms with Gasteiger partial charge < -0.3 is 14.8 Å². The number of alkyl halides is 3. The minimum absolute atomic E-state index is 0.199. The standard InChI is InChI=1S/C20H18F3NO4/c1-13-8-6-7-11-15(13)24-16(25)19(20(21,22)23)18(28-19,17(26)27-2)12-14-9-4-3-5-10-14/h3-11H,12H2,1-2H3,(H,24,25)/t18-,19+/m0/s1. The number of aryl methyl sites for hydroxylation is 1. The van der Waals surface area contributed by atoms with Crippen molar-refractivity contribution < 1.29 is 32.2 Å². The monoisotopic (exact) mass is 393 g/mol. The molecule has 1 aliphatic rings. The summed E-state index contributed by atoms with van der Waals surface area (Å²) in [6.45, 7) is 1.64. The van der Waals surface area contributed by atoms with Crippen LogP contribution in [0.25, 0.3) is 0 Å². The predicted molar refractivity (Wildman–Crippen MR) is 94.6 cm³/mol. The fourth-order valence-corrected chi connectivity index (χ4v) is 3.27. The van der Waals surface area contributed by atoms with E-state index in [0.29, 0.717) is 11.1 Å². The Balaban J connectivity index is 2.02. The molecule has 3 rings (SSSR count). The molecular formula is C20H18F3NO4. The molecule has 1 aliphatic heterocycles. The number of hydrogen-bond acceptors (Lipinski definition) is 4. The van der Waals surface area contributed by atoms with Gasteiger partial charge in [0.2, 0.25) is 5.60 Å². The summed E-state index contributed by atoms with van der Waals surface area (Å²) in [5.74, 6) is -2.72. The van der Waals surface area contributed by atoms with Crippen molar-refractivity contribution in [3.05, 3.63) is 65.7 Å². The lowest BCUT2D eigenvalue weighted by atomic mass is 9.85. The average Bonchev–Trinajstić information content (AvgIpc) is 3.35. The molecule has 0 saturated carbocycles. The number of carbonyl (C=O) groups excluding carboxylic acids is 2. The molecule has 1 N–H and O–H groups in total. The van der Waals surface area contributed by atoms with Crippen LogP contribution in [0.2, 0.25) is 0 Å². The van der Waals surface area contributed by atoms with E-state index >= 15 is 0 Å². The number of carbonyl (C=O) groups is 2. The Morgan fingerprint density at radius 3 is 2.25 bits per heavy atom. The molecule has 2 atom stereocenters. The molecule has 0 radical (unpaired) electrons. The number of benzene rings is 2. The summed E-state index contributed by atoms with van der Waals surface area (Å²) >= 11 is 0. The SMILES string of the molecule is COC(=O)[C@]1(Cc2ccccc2)O[C@@]1(C(=O)Nc1ccccc1C)C(F)(F)F. The second kappa shape index (κ2) is 6.94. The summed E-state index contributed by atoms with van der Waals surface area (Å²) in [6.07, 6.45) is -5.59. The van der Waals surface area contributed by atoms with Gasteiger partial charge in [0.25, 0.3) is 11.5 Å². The van der Waals surface area contributed by atoms with Crippen molar-refractivity contribution in [3.8, 4) is 0 Å². The largest absolute Gasteiger partial charge is 0.467 e. The van der Waals surface area contributed by atoms with E-state index < -0.39 is 35.7 Å². The molecule has 0 bridgehead atoms. The zero-order chi connectivity index (χ0) is 20.6. The minimum atomic E-state index is -5.14. The lowest BCUT2D eigenvalue weighted by Gasteiger charge is -2.21. The highest BCUT2D eigenvalue weighted by molar-refractivity contribution is 6.07. The normalized spacial score (nSPS) is 23.8. The predicted octanol–water partition coefficient (Wildman–Crippen LogP) is 3.42. The summed E-state index contributed by atoms with van der Waals surface area (Å²) in [4.78, 5) is 25.1. The summed E-state index contributed by atoms with van der Waals surface area (Å²) < 4.78 is 51.7. The number of halogens is 3. The van der Waals surface area contributed by atoms with Gasteiger partial charge in [-0.3, -0.25) is 4.79 Å². The number of anilines is 1. The van der Waals surface area contributed by atoms with Gasteiger partial charge in [0.1, 0.15) is 0 Å². The van der Waals surface area contributed by atoms with Crippen molar-refractivity contribution in [3.63, 3.8) is 0 Å². The number of amides is 1. The van der Waals surface area contributed by atoms with Gasteiger partial charge >= 0.3 is 12.1 Å². The van der Waals surface area contributed by atoms with E-state index in [2.05, 4.69) is 10.1 Å². The summed E-state index contributed by atoms with van der Waals surface area (Å²) in [5, 5.41) is 2.25. The molecule has 148 valence electrons. The zero-order valence-corrected chi connectivity index (χ0v) is 15.2. The Labute approximate surface area is 159 Å². The van der Waals surface area contributed by atoms with Crippen molar-refractivity contribution in [1.29, 1.82) is 0 Å². The van der Waals surface area contributed by atoms with E-state index in [-0.39, 0.29) is 5.69 Å². The molecule has 8 heteroatoms. The van der Waals surface area contributed by atoms with E-state index in [1.165, 1.54) is 6.07 Å². The van der Waals surface area contributed by atoms with Crippen molar-refractivity contribution in [2.45, 2.75) is 30.7 Å². The molecule has 0 aliphatic carbocycles. The molecule has 1 amide bonds. The number of rotatable bonds is 5. The molecule has 1 fully saturated rings. The highest BCUT2D eigenvalue weighted by atomic mass is 19.4. The third-order valence-corrected chi connectivity index (χ3v) is 4.78. The Morgan fingerprint density at radius 2 is 1.68 bits per heavy atom. The summed E-state index contributed by atoms with van der Waals surface area (Å²) in [6, 6.07) is 14.4. The Bertz CT molecular complexity index is 900. The van der Waals surface area contributed by atoms with E-state index in [4.69, 9.17) is 4.74 Å². The average molecular weight is 393 g/mol. The van der Waals surface area contributed by atoms with Gasteiger partial charge in [0.15, 0.2) is 0 Å². The highest BCUT2D eigenvalue weighted by Gasteiger charge is 2.90. The smallest absolute Gasteiger partial charge is 0.430 e. The number of methoxy groups -OCH3 is 1. The van der Waals surface area contributed by atoms with Crippen molar-refractivity contribution in [1.82, 2.24) is 0 Å². The zero-order valence-electron chi connectivity index (χ0n) is 15.2. The number of epoxide rings is 1. The van der Waals surface area contributed by atoms with Gasteiger partial charge in [-0.05, 0) is 24.1 Å². The van der Waals surface area contributed by atoms with Crippen LogP contribution >= 0.6 is 0 Å². The van der Waals surface area contributed by atoms with Crippen LogP contribution in [-0.2, 0) is 25.5 Å². The molecule has 2 aromatic rings. The first-order chi connectivity index (χ1) is 13.2. The molecule has 0 aromatic heterocycles. The third kappa shape index (κ3) is 3.03. The minimum Gasteiger partial charge on any atom is -0.467 e. The molecule has 28 heavy (non-hydrogen) atoms. The number of esters is 1. The first-order valence-corrected chi connectivity index (χ1v) is 8.44. The maximum atomic E-state index is 14.1. The Hall–Kier alpha value is -2.87. The fourth-order valence-electron chi connectivity index (χ4n) is 3.27. The first-order valence-electron chi connectivity index (χ1n) is 8.44. The van der Waals surface area contributed by atoms with Crippen LogP contribution in [0, 0.1) is 6.92 Å². The van der Waals surface area contributed by atoms with E-state index in [1.54, 1.807) is 55.5 Å². The molecular weight excluding hydrogens is 375 g/mol. The van der Waals surface area contributed by atoms with E-state index in [9.17, 15) is 22.8 Å². The molecule has 0 unspecified atom stereocenters. The van der Waals surface area contributed by atoms with Crippen molar-refractivity contribution >= 4 is 17.6 Å².